The zero-order valence-corrected chi connectivity index (χ0v) is 24.0. The molecular weight excluding hydrogens is 685 g/mol. The Morgan fingerprint density at radius 3 is 2.15 bits per heavy atom. The number of phenols is 1. The molecule has 7 rings (SSSR count). The quantitative estimate of drug-likeness (QED) is 0.182. The molecule has 0 fully saturated rings. The van der Waals surface area contributed by atoms with Crippen LogP contribution in [-0.2, 0) is 21.1 Å². The summed E-state index contributed by atoms with van der Waals surface area (Å²) in [5.41, 5.74) is 7.39. The summed E-state index contributed by atoms with van der Waals surface area (Å²) in [7, 11) is 0. The fourth-order valence-corrected chi connectivity index (χ4v) is 5.02. The Balaban J connectivity index is 0.00000329. The molecule has 41 heavy (non-hydrogen) atoms. The van der Waals surface area contributed by atoms with E-state index in [1.807, 2.05) is 109 Å². The maximum atomic E-state index is 10.8. The van der Waals surface area contributed by atoms with Crippen LogP contribution in [0.25, 0.3) is 61.6 Å². The van der Waals surface area contributed by atoms with Crippen LogP contribution in [0.3, 0.4) is 0 Å². The van der Waals surface area contributed by atoms with Gasteiger partial charge in [0, 0.05) is 38.6 Å². The van der Waals surface area contributed by atoms with E-state index in [1.165, 1.54) is 0 Å². The van der Waals surface area contributed by atoms with Crippen LogP contribution in [0.5, 0.6) is 5.75 Å². The van der Waals surface area contributed by atoms with Gasteiger partial charge in [-0.1, -0.05) is 90.0 Å². The number of fused-ring (bicyclic) bond motifs is 1. The van der Waals surface area contributed by atoms with Gasteiger partial charge in [0.05, 0.1) is 19.3 Å². The molecule has 0 saturated carbocycles. The fourth-order valence-electron chi connectivity index (χ4n) is 5.02. The second kappa shape index (κ2) is 11.4. The SMILES string of the molecule is [2H]c1cc(-c2ccccc2)c([2H])c(-c2[c-]c(-c3cccc4c3nc(-c3ccccc3O)n4-c3ccccc3)ccc2)n1.[Pt]. The third kappa shape index (κ3) is 4.99. The number of hydrogen-bond acceptors (Lipinski definition) is 3. The zero-order valence-electron chi connectivity index (χ0n) is 23.7. The first-order valence-electron chi connectivity index (χ1n) is 14.0. The van der Waals surface area contributed by atoms with Crippen LogP contribution in [0.15, 0.2) is 140 Å². The molecule has 0 spiro atoms. The molecule has 2 heterocycles. The predicted molar refractivity (Wildman–Crippen MR) is 161 cm³/mol. The maximum Gasteiger partial charge on any atom is 0.148 e. The van der Waals surface area contributed by atoms with Crippen molar-refractivity contribution in [2.45, 2.75) is 0 Å². The van der Waals surface area contributed by atoms with Gasteiger partial charge in [-0.3, -0.25) is 9.55 Å². The van der Waals surface area contributed by atoms with E-state index < -0.39 is 0 Å². The summed E-state index contributed by atoms with van der Waals surface area (Å²) in [5.74, 6) is 0.779. The van der Waals surface area contributed by atoms with E-state index in [0.29, 0.717) is 28.2 Å². The molecule has 7 aromatic rings. The minimum absolute atomic E-state index is 0. The van der Waals surface area contributed by atoms with Crippen molar-refractivity contribution in [2.24, 2.45) is 0 Å². The van der Waals surface area contributed by atoms with Crippen molar-refractivity contribution in [1.82, 2.24) is 14.5 Å². The first-order chi connectivity index (χ1) is 20.6. The molecular formula is C36H24N3OPt-. The smallest absolute Gasteiger partial charge is 0.148 e. The van der Waals surface area contributed by atoms with Gasteiger partial charge in [-0.15, -0.1) is 29.8 Å². The van der Waals surface area contributed by atoms with Crippen molar-refractivity contribution in [1.29, 1.82) is 0 Å². The number of phenolic OH excluding ortho intramolecular Hbond substituents is 1. The van der Waals surface area contributed by atoms with Gasteiger partial charge in [0.1, 0.15) is 11.6 Å². The van der Waals surface area contributed by atoms with Crippen molar-refractivity contribution in [3.63, 3.8) is 0 Å². The van der Waals surface area contributed by atoms with Gasteiger partial charge in [-0.05, 0) is 47.5 Å². The topological polar surface area (TPSA) is 50.9 Å². The Hall–Kier alpha value is -4.79. The maximum absolute atomic E-state index is 10.8. The van der Waals surface area contributed by atoms with E-state index in [-0.39, 0.29) is 39.0 Å². The van der Waals surface area contributed by atoms with Crippen LogP contribution in [-0.4, -0.2) is 19.6 Å². The standard InChI is InChI=1S/C36H24N3O.Pt/c40-34-20-8-7-17-31(34)36-38-35-30(18-10-19-33(35)39(36)29-15-5-2-6-16-29)27-13-9-14-28(23-27)32-24-26(21-22-37-32)25-11-3-1-4-12-25;/h1-22,24,40H;/q-1;/i22D,24D;. The van der Waals surface area contributed by atoms with Crippen LogP contribution in [0.4, 0.5) is 0 Å². The van der Waals surface area contributed by atoms with E-state index >= 15 is 0 Å². The summed E-state index contributed by atoms with van der Waals surface area (Å²) >= 11 is 0. The number of pyridine rings is 1. The van der Waals surface area contributed by atoms with Crippen molar-refractivity contribution >= 4 is 11.0 Å². The predicted octanol–water partition coefficient (Wildman–Crippen LogP) is 8.59. The summed E-state index contributed by atoms with van der Waals surface area (Å²) < 4.78 is 19.4. The molecule has 0 aliphatic carbocycles. The molecule has 200 valence electrons. The number of para-hydroxylation sites is 3. The number of aromatic hydroxyl groups is 1. The minimum atomic E-state index is 0. The van der Waals surface area contributed by atoms with Crippen molar-refractivity contribution in [3.05, 3.63) is 146 Å². The molecule has 0 radical (unpaired) electrons. The Kier molecular flexibility index (Phi) is 6.66. The minimum Gasteiger partial charge on any atom is -0.507 e. The van der Waals surface area contributed by atoms with Crippen LogP contribution in [0.1, 0.15) is 2.74 Å². The number of imidazole rings is 1. The molecule has 0 unspecified atom stereocenters. The summed E-state index contributed by atoms with van der Waals surface area (Å²) in [6.07, 6.45) is 0.0923. The van der Waals surface area contributed by atoms with Gasteiger partial charge in [0.2, 0.25) is 0 Å². The molecule has 0 bridgehead atoms. The molecule has 0 aliphatic heterocycles. The third-order valence-electron chi connectivity index (χ3n) is 6.91. The monoisotopic (exact) mass is 711 g/mol. The van der Waals surface area contributed by atoms with Gasteiger partial charge < -0.3 is 5.11 Å². The van der Waals surface area contributed by atoms with Crippen molar-refractivity contribution in [3.8, 4) is 56.3 Å². The van der Waals surface area contributed by atoms with E-state index in [0.717, 1.165) is 33.4 Å². The molecule has 0 amide bonds. The molecule has 5 aromatic carbocycles. The molecule has 1 N–H and O–H groups in total. The summed E-state index contributed by atoms with van der Waals surface area (Å²) in [4.78, 5) is 9.52. The van der Waals surface area contributed by atoms with Crippen molar-refractivity contribution in [2.75, 3.05) is 0 Å². The average Bonchev–Trinajstić information content (AvgIpc) is 3.43. The summed E-state index contributed by atoms with van der Waals surface area (Å²) in [6.45, 7) is 0. The van der Waals surface area contributed by atoms with Gasteiger partial charge in [-0.25, -0.2) is 4.98 Å². The Morgan fingerprint density at radius 2 is 1.34 bits per heavy atom. The van der Waals surface area contributed by atoms with Crippen LogP contribution >= 0.6 is 0 Å². The Morgan fingerprint density at radius 1 is 0.659 bits per heavy atom. The first kappa shape index (κ1) is 24.0. The summed E-state index contributed by atoms with van der Waals surface area (Å²) in [6, 6.07) is 43.9. The number of nitrogens with zero attached hydrogens (tertiary/aromatic N) is 3. The number of aromatic nitrogens is 3. The first-order valence-corrected chi connectivity index (χ1v) is 13.0. The molecule has 2 aromatic heterocycles. The molecule has 4 nitrogen and oxygen atoms in total. The van der Waals surface area contributed by atoms with Crippen LogP contribution < -0.4 is 0 Å². The molecule has 0 aliphatic rings. The second-order valence-electron chi connectivity index (χ2n) is 9.41. The van der Waals surface area contributed by atoms with Crippen LogP contribution in [0.2, 0.25) is 0 Å². The van der Waals surface area contributed by atoms with E-state index in [1.54, 1.807) is 18.2 Å². The Labute approximate surface area is 255 Å². The van der Waals surface area contributed by atoms with Crippen LogP contribution in [0, 0.1) is 6.07 Å². The Bertz CT molecular complexity index is 2080. The molecule has 0 saturated heterocycles. The second-order valence-corrected chi connectivity index (χ2v) is 9.41. The van der Waals surface area contributed by atoms with Gasteiger partial charge in [0.25, 0.3) is 0 Å². The van der Waals surface area contributed by atoms with Gasteiger partial charge in [0.15, 0.2) is 0 Å². The van der Waals surface area contributed by atoms with E-state index in [2.05, 4.69) is 15.6 Å². The fraction of sp³-hybridized carbons (Fsp3) is 0. The number of hydrogen-bond donors (Lipinski definition) is 1. The van der Waals surface area contributed by atoms with Crippen molar-refractivity contribution < 1.29 is 28.9 Å². The largest absolute Gasteiger partial charge is 0.507 e. The van der Waals surface area contributed by atoms with E-state index in [4.69, 9.17) is 7.73 Å². The average molecular weight is 712 g/mol. The zero-order chi connectivity index (χ0) is 28.6. The normalized spacial score (nSPS) is 11.5. The molecule has 0 atom stereocenters. The van der Waals surface area contributed by atoms with Gasteiger partial charge >= 0.3 is 0 Å². The number of benzene rings is 5. The third-order valence-corrected chi connectivity index (χ3v) is 6.91. The number of rotatable bonds is 5. The van der Waals surface area contributed by atoms with E-state index in [9.17, 15) is 5.11 Å². The summed E-state index contributed by atoms with van der Waals surface area (Å²) in [5, 5.41) is 10.8. The van der Waals surface area contributed by atoms with Gasteiger partial charge in [-0.2, -0.15) is 0 Å². The molecule has 5 heteroatoms.